The second kappa shape index (κ2) is 6.37. The quantitative estimate of drug-likeness (QED) is 0.468. The molecular formula is C13H13FIN3O3. The van der Waals surface area contributed by atoms with Crippen LogP contribution in [0.3, 0.4) is 0 Å². The summed E-state index contributed by atoms with van der Waals surface area (Å²) >= 11 is 2.05. The highest BCUT2D eigenvalue weighted by molar-refractivity contribution is 14.1. The maximum absolute atomic E-state index is 13.9. The molecule has 112 valence electrons. The van der Waals surface area contributed by atoms with Crippen molar-refractivity contribution in [3.8, 4) is 17.0 Å². The van der Waals surface area contributed by atoms with E-state index in [0.29, 0.717) is 5.69 Å². The summed E-state index contributed by atoms with van der Waals surface area (Å²) in [5.41, 5.74) is 0.642. The molecule has 0 amide bonds. The monoisotopic (exact) mass is 405 g/mol. The van der Waals surface area contributed by atoms with Crippen molar-refractivity contribution in [2.75, 3.05) is 7.11 Å². The Labute approximate surface area is 134 Å². The summed E-state index contributed by atoms with van der Waals surface area (Å²) in [5, 5.41) is 18.2. The standard InChI is InChI=1S/C13H13FIN3O3/c1-3-4-8-11(15)12(17-16-8)10-9(21-2)6-5-7(14)13(10)18(19)20/h5-6H,3-4H2,1-2H3,(H,16,17). The molecule has 0 saturated carbocycles. The van der Waals surface area contributed by atoms with Crippen molar-refractivity contribution < 1.29 is 14.1 Å². The Bertz CT molecular complexity index is 688. The molecule has 0 atom stereocenters. The third kappa shape index (κ3) is 2.85. The van der Waals surface area contributed by atoms with Gasteiger partial charge in [0.25, 0.3) is 0 Å². The van der Waals surface area contributed by atoms with Gasteiger partial charge < -0.3 is 4.74 Å². The molecule has 0 aliphatic heterocycles. The molecule has 0 bridgehead atoms. The highest BCUT2D eigenvalue weighted by atomic mass is 127. The first-order valence-corrected chi connectivity index (χ1v) is 7.33. The number of benzene rings is 1. The van der Waals surface area contributed by atoms with Gasteiger partial charge in [-0.25, -0.2) is 0 Å². The predicted octanol–water partition coefficient (Wildman–Crippen LogP) is 3.69. The van der Waals surface area contributed by atoms with E-state index in [9.17, 15) is 14.5 Å². The SMILES string of the molecule is CCCc1[nH]nc(-c2c(OC)ccc(F)c2[N+](=O)[O-])c1I. The highest BCUT2D eigenvalue weighted by Gasteiger charge is 2.29. The smallest absolute Gasteiger partial charge is 0.317 e. The van der Waals surface area contributed by atoms with Crippen LogP contribution < -0.4 is 4.74 Å². The number of nitro benzene ring substituents is 1. The van der Waals surface area contributed by atoms with Gasteiger partial charge in [0.05, 0.1) is 15.6 Å². The fourth-order valence-electron chi connectivity index (χ4n) is 2.07. The molecule has 0 unspecified atom stereocenters. The maximum atomic E-state index is 13.9. The Morgan fingerprint density at radius 1 is 1.52 bits per heavy atom. The summed E-state index contributed by atoms with van der Waals surface area (Å²) in [6.07, 6.45) is 1.66. The van der Waals surface area contributed by atoms with Crippen molar-refractivity contribution in [1.82, 2.24) is 10.2 Å². The van der Waals surface area contributed by atoms with Crippen LogP contribution in [-0.4, -0.2) is 22.2 Å². The minimum atomic E-state index is -0.911. The molecule has 1 aromatic carbocycles. The Balaban J connectivity index is 2.72. The number of aromatic amines is 1. The van der Waals surface area contributed by atoms with Gasteiger partial charge in [-0.05, 0) is 41.1 Å². The molecule has 0 saturated heterocycles. The summed E-state index contributed by atoms with van der Waals surface area (Å²) in [5.74, 6) is -0.692. The fraction of sp³-hybridized carbons (Fsp3) is 0.308. The Morgan fingerprint density at radius 2 is 2.24 bits per heavy atom. The van der Waals surface area contributed by atoms with E-state index in [1.54, 1.807) is 0 Å². The third-order valence-electron chi connectivity index (χ3n) is 3.01. The van der Waals surface area contributed by atoms with E-state index < -0.39 is 16.4 Å². The van der Waals surface area contributed by atoms with Crippen molar-refractivity contribution >= 4 is 28.3 Å². The molecule has 8 heteroatoms. The summed E-state index contributed by atoms with van der Waals surface area (Å²) in [6.45, 7) is 2.02. The van der Waals surface area contributed by atoms with Crippen LogP contribution in [0.25, 0.3) is 11.3 Å². The van der Waals surface area contributed by atoms with Gasteiger partial charge in [0.15, 0.2) is 0 Å². The number of nitro groups is 1. The van der Waals surface area contributed by atoms with Gasteiger partial charge in [-0.1, -0.05) is 13.3 Å². The van der Waals surface area contributed by atoms with Crippen molar-refractivity contribution in [2.24, 2.45) is 0 Å². The van der Waals surface area contributed by atoms with Crippen LogP contribution in [0.5, 0.6) is 5.75 Å². The second-order valence-electron chi connectivity index (χ2n) is 4.35. The van der Waals surface area contributed by atoms with E-state index in [-0.39, 0.29) is 11.3 Å². The van der Waals surface area contributed by atoms with Gasteiger partial charge in [0, 0.05) is 5.69 Å². The van der Waals surface area contributed by atoms with Crippen molar-refractivity contribution in [2.45, 2.75) is 19.8 Å². The van der Waals surface area contributed by atoms with Crippen LogP contribution in [0.1, 0.15) is 19.0 Å². The number of rotatable bonds is 5. The van der Waals surface area contributed by atoms with E-state index in [2.05, 4.69) is 32.8 Å². The zero-order valence-corrected chi connectivity index (χ0v) is 13.6. The number of hydrogen-bond acceptors (Lipinski definition) is 4. The lowest BCUT2D eigenvalue weighted by molar-refractivity contribution is -0.386. The number of aryl methyl sites for hydroxylation is 1. The van der Waals surface area contributed by atoms with Crippen LogP contribution in [0, 0.1) is 19.5 Å². The molecule has 1 N–H and O–H groups in total. The molecule has 21 heavy (non-hydrogen) atoms. The molecule has 0 aliphatic rings. The van der Waals surface area contributed by atoms with Crippen molar-refractivity contribution in [1.29, 1.82) is 0 Å². The summed E-state index contributed by atoms with van der Waals surface area (Å²) in [7, 11) is 1.38. The number of nitrogens with one attached hydrogen (secondary N) is 1. The lowest BCUT2D eigenvalue weighted by Gasteiger charge is -2.08. The van der Waals surface area contributed by atoms with Gasteiger partial charge in [-0.2, -0.15) is 9.49 Å². The van der Waals surface area contributed by atoms with E-state index in [1.807, 2.05) is 6.92 Å². The Morgan fingerprint density at radius 3 is 2.81 bits per heavy atom. The Kier molecular flexibility index (Phi) is 4.76. The zero-order chi connectivity index (χ0) is 15.6. The Hall–Kier alpha value is -1.71. The molecule has 1 heterocycles. The third-order valence-corrected chi connectivity index (χ3v) is 4.17. The van der Waals surface area contributed by atoms with Gasteiger partial charge in [-0.3, -0.25) is 15.2 Å². The number of halogens is 2. The number of aromatic nitrogens is 2. The van der Waals surface area contributed by atoms with Crippen LogP contribution >= 0.6 is 22.6 Å². The fourth-order valence-corrected chi connectivity index (χ4v) is 2.85. The second-order valence-corrected chi connectivity index (χ2v) is 5.42. The van der Waals surface area contributed by atoms with Gasteiger partial charge in [-0.15, -0.1) is 0 Å². The molecule has 2 aromatic rings. The highest BCUT2D eigenvalue weighted by Crippen LogP contribution is 2.41. The lowest BCUT2D eigenvalue weighted by atomic mass is 10.1. The van der Waals surface area contributed by atoms with Gasteiger partial charge in [0.2, 0.25) is 5.82 Å². The van der Waals surface area contributed by atoms with E-state index in [0.717, 1.165) is 28.2 Å². The van der Waals surface area contributed by atoms with Gasteiger partial charge in [0.1, 0.15) is 17.0 Å². The topological polar surface area (TPSA) is 81.0 Å². The molecule has 0 spiro atoms. The van der Waals surface area contributed by atoms with Crippen molar-refractivity contribution in [3.63, 3.8) is 0 Å². The first-order valence-electron chi connectivity index (χ1n) is 6.25. The number of ether oxygens (including phenoxy) is 1. The molecular weight excluding hydrogens is 392 g/mol. The lowest BCUT2D eigenvalue weighted by Crippen LogP contribution is -2.00. The molecule has 0 aliphatic carbocycles. The maximum Gasteiger partial charge on any atom is 0.317 e. The molecule has 6 nitrogen and oxygen atoms in total. The van der Waals surface area contributed by atoms with Crippen LogP contribution in [0.4, 0.5) is 10.1 Å². The molecule has 2 rings (SSSR count). The molecule has 0 radical (unpaired) electrons. The van der Waals surface area contributed by atoms with E-state index in [1.165, 1.54) is 13.2 Å². The van der Waals surface area contributed by atoms with Crippen molar-refractivity contribution in [3.05, 3.63) is 37.3 Å². The average Bonchev–Trinajstić information content (AvgIpc) is 2.80. The zero-order valence-electron chi connectivity index (χ0n) is 11.4. The number of methoxy groups -OCH3 is 1. The van der Waals surface area contributed by atoms with E-state index in [4.69, 9.17) is 4.74 Å². The number of H-pyrrole nitrogens is 1. The predicted molar refractivity (Wildman–Crippen MR) is 83.9 cm³/mol. The van der Waals surface area contributed by atoms with Gasteiger partial charge >= 0.3 is 5.69 Å². The average molecular weight is 405 g/mol. The van der Waals surface area contributed by atoms with Crippen LogP contribution in [-0.2, 0) is 6.42 Å². The van der Waals surface area contributed by atoms with Crippen LogP contribution in [0.15, 0.2) is 12.1 Å². The molecule has 1 aromatic heterocycles. The normalized spacial score (nSPS) is 10.7. The minimum Gasteiger partial charge on any atom is -0.496 e. The van der Waals surface area contributed by atoms with E-state index >= 15 is 0 Å². The molecule has 0 fully saturated rings. The summed E-state index contributed by atoms with van der Waals surface area (Å²) in [6, 6.07) is 2.38. The first-order chi connectivity index (χ1) is 10.0. The minimum absolute atomic E-state index is 0.0607. The van der Waals surface area contributed by atoms with Crippen LogP contribution in [0.2, 0.25) is 0 Å². The first kappa shape index (κ1) is 15.7. The largest absolute Gasteiger partial charge is 0.496 e. The summed E-state index contributed by atoms with van der Waals surface area (Å²) in [4.78, 5) is 10.4. The number of hydrogen-bond donors (Lipinski definition) is 1. The summed E-state index contributed by atoms with van der Waals surface area (Å²) < 4.78 is 19.7. The number of nitrogens with zero attached hydrogens (tertiary/aromatic N) is 2.